The van der Waals surface area contributed by atoms with Gasteiger partial charge in [-0.15, -0.1) is 0 Å². The number of aryl methyl sites for hydroxylation is 1. The molecule has 3 N–H and O–H groups in total. The third-order valence-electron chi connectivity index (χ3n) is 10.9. The number of halogens is 4. The van der Waals surface area contributed by atoms with Gasteiger partial charge in [-0.1, -0.05) is 18.5 Å². The molecular formula is C41H45ClF3N9O5S. The van der Waals surface area contributed by atoms with Crippen molar-refractivity contribution in [2.75, 3.05) is 53.2 Å². The number of nitrogens with zero attached hydrogens (tertiary/aromatic N) is 6. The molecule has 1 unspecified atom stereocenters. The minimum atomic E-state index is -4.86. The molecule has 0 saturated carbocycles. The van der Waals surface area contributed by atoms with Gasteiger partial charge in [-0.05, 0) is 101 Å². The second-order valence-electron chi connectivity index (χ2n) is 15.6. The van der Waals surface area contributed by atoms with Gasteiger partial charge >= 0.3 is 6.18 Å². The van der Waals surface area contributed by atoms with Gasteiger partial charge < -0.3 is 20.3 Å². The summed E-state index contributed by atoms with van der Waals surface area (Å²) in [6.45, 7) is 11.9. The summed E-state index contributed by atoms with van der Waals surface area (Å²) in [7, 11) is 0. The highest BCUT2D eigenvalue weighted by atomic mass is 35.5. The average molecular weight is 868 g/mol. The van der Waals surface area contributed by atoms with Gasteiger partial charge in [-0.25, -0.2) is 4.98 Å². The van der Waals surface area contributed by atoms with Crippen LogP contribution in [0.25, 0.3) is 0 Å². The number of piperazine rings is 1. The van der Waals surface area contributed by atoms with E-state index in [0.29, 0.717) is 73.0 Å². The van der Waals surface area contributed by atoms with Crippen LogP contribution in [0.5, 0.6) is 5.75 Å². The number of hydrogen-bond acceptors (Lipinski definition) is 11. The maximum absolute atomic E-state index is 13.8. The zero-order valence-corrected chi connectivity index (χ0v) is 35.2. The topological polar surface area (TPSA) is 163 Å². The van der Waals surface area contributed by atoms with Crippen molar-refractivity contribution in [2.45, 2.75) is 83.7 Å². The van der Waals surface area contributed by atoms with Crippen LogP contribution >= 0.6 is 23.8 Å². The number of amides is 4. The first-order valence-electron chi connectivity index (χ1n) is 19.4. The van der Waals surface area contributed by atoms with Crippen LogP contribution in [-0.4, -0.2) is 100.0 Å². The first-order chi connectivity index (χ1) is 28.3. The van der Waals surface area contributed by atoms with Gasteiger partial charge in [-0.2, -0.15) is 18.4 Å². The highest BCUT2D eigenvalue weighted by Gasteiger charge is 2.51. The second kappa shape index (κ2) is 17.7. The van der Waals surface area contributed by atoms with Crippen LogP contribution < -0.4 is 30.5 Å². The maximum atomic E-state index is 13.8. The van der Waals surface area contributed by atoms with Gasteiger partial charge in [0.25, 0.3) is 5.91 Å². The molecule has 60 heavy (non-hydrogen) atoms. The molecule has 1 aromatic heterocycles. The number of imide groups is 1. The number of carbonyl (C=O) groups is 4. The first-order valence-corrected chi connectivity index (χ1v) is 20.2. The SMILES string of the molecule is CCc1cc(N2C(=S)N(c3cnc(C#N)c(C(F)(F)F)c3)C(=O)C2(C)C)ccc1OCCN1C[C@@H](C)N(CC(=O)Nc2cc(Cl)cc(NC3CCC(=O)NC3=O)c2)C[C@H]1C. The normalized spacial score (nSPS) is 21.2. The zero-order chi connectivity index (χ0) is 43.7. The molecule has 2 aromatic carbocycles. The third-order valence-corrected chi connectivity index (χ3v) is 11.5. The zero-order valence-electron chi connectivity index (χ0n) is 33.7. The minimum absolute atomic E-state index is 0.0296. The molecule has 4 amide bonds. The van der Waals surface area contributed by atoms with Crippen LogP contribution in [0.4, 0.5) is 35.9 Å². The van der Waals surface area contributed by atoms with Crippen LogP contribution in [-0.2, 0) is 31.8 Å². The van der Waals surface area contributed by atoms with Crippen molar-refractivity contribution >= 4 is 75.3 Å². The number of pyridine rings is 1. The monoisotopic (exact) mass is 867 g/mol. The lowest BCUT2D eigenvalue weighted by Gasteiger charge is -2.43. The molecule has 318 valence electrons. The summed E-state index contributed by atoms with van der Waals surface area (Å²) in [5.74, 6) is -0.844. The summed E-state index contributed by atoms with van der Waals surface area (Å²) >= 11 is 12.0. The van der Waals surface area contributed by atoms with E-state index < -0.39 is 40.8 Å². The molecule has 3 atom stereocenters. The number of thiocarbonyl (C=S) groups is 1. The summed E-state index contributed by atoms with van der Waals surface area (Å²) in [4.78, 5) is 61.3. The number of aromatic nitrogens is 1. The maximum Gasteiger partial charge on any atom is 0.419 e. The highest BCUT2D eigenvalue weighted by Crippen LogP contribution is 2.40. The summed E-state index contributed by atoms with van der Waals surface area (Å²) in [5, 5.41) is 17.9. The number of hydrogen-bond donors (Lipinski definition) is 3. The van der Waals surface area contributed by atoms with Crippen molar-refractivity contribution in [3.05, 3.63) is 70.5 Å². The lowest BCUT2D eigenvalue weighted by molar-refractivity contribution is -0.138. The molecule has 0 spiro atoms. The van der Waals surface area contributed by atoms with Gasteiger partial charge in [0.15, 0.2) is 10.8 Å². The van der Waals surface area contributed by atoms with Crippen molar-refractivity contribution in [2.24, 2.45) is 0 Å². The predicted molar refractivity (Wildman–Crippen MR) is 224 cm³/mol. The highest BCUT2D eigenvalue weighted by molar-refractivity contribution is 7.81. The molecule has 19 heteroatoms. The Morgan fingerprint density at radius 1 is 1.07 bits per heavy atom. The molecule has 0 bridgehead atoms. The molecule has 3 aliphatic heterocycles. The molecule has 4 heterocycles. The summed E-state index contributed by atoms with van der Waals surface area (Å²) in [6, 6.07) is 12.1. The fourth-order valence-electron chi connectivity index (χ4n) is 7.70. The summed E-state index contributed by atoms with van der Waals surface area (Å²) < 4.78 is 47.6. The molecule has 14 nitrogen and oxygen atoms in total. The Hall–Kier alpha value is -5.35. The smallest absolute Gasteiger partial charge is 0.419 e. The fraction of sp³-hybridized carbons (Fsp3) is 0.439. The molecular weight excluding hydrogens is 823 g/mol. The molecule has 0 aliphatic carbocycles. The number of nitriles is 1. The Labute approximate surface area is 356 Å². The van der Waals surface area contributed by atoms with Crippen molar-refractivity contribution in [3.8, 4) is 11.8 Å². The number of carbonyl (C=O) groups excluding carboxylic acids is 4. The Morgan fingerprint density at radius 2 is 1.77 bits per heavy atom. The third kappa shape index (κ3) is 9.49. The van der Waals surface area contributed by atoms with E-state index in [1.807, 2.05) is 13.0 Å². The van der Waals surface area contributed by atoms with E-state index >= 15 is 0 Å². The van der Waals surface area contributed by atoms with Gasteiger partial charge in [0.05, 0.1) is 24.0 Å². The number of anilines is 4. The standard InChI is InChI=1S/C41H45ClF3N9O5S/c1-6-25-13-29(54-39(60)53(38(58)40(54,4)5)30-17-31(41(43,44)45)33(18-46)47-19-30)7-9-34(25)59-12-11-51-20-24(3)52(21-23(51)2)22-36(56)49-28-15-26(42)14-27(16-28)48-32-8-10-35(55)50-37(32)57/h7,9,13-17,19,23-24,32,48H,6,8,10-12,20-22H2,1-5H3,(H,49,56)(H,50,55,57)/t23-,24-,32?/m1/s1. The van der Waals surface area contributed by atoms with Crippen LogP contribution in [0, 0.1) is 11.3 Å². The van der Waals surface area contributed by atoms with Crippen LogP contribution in [0.1, 0.15) is 64.3 Å². The van der Waals surface area contributed by atoms with Gasteiger partial charge in [0.2, 0.25) is 17.7 Å². The van der Waals surface area contributed by atoms with E-state index in [-0.39, 0.29) is 47.7 Å². The number of piperidine rings is 1. The minimum Gasteiger partial charge on any atom is -0.492 e. The van der Waals surface area contributed by atoms with Crippen LogP contribution in [0.15, 0.2) is 48.7 Å². The molecule has 3 aliphatic rings. The van der Waals surface area contributed by atoms with Crippen LogP contribution in [0.3, 0.4) is 0 Å². The Bertz CT molecular complexity index is 2250. The van der Waals surface area contributed by atoms with E-state index in [1.54, 1.807) is 49.1 Å². The second-order valence-corrected chi connectivity index (χ2v) is 16.4. The van der Waals surface area contributed by atoms with Crippen molar-refractivity contribution in [3.63, 3.8) is 0 Å². The number of alkyl halides is 3. The Morgan fingerprint density at radius 3 is 2.45 bits per heavy atom. The van der Waals surface area contributed by atoms with E-state index in [0.717, 1.165) is 16.7 Å². The molecule has 3 fully saturated rings. The van der Waals surface area contributed by atoms with Gasteiger partial charge in [0, 0.05) is 60.2 Å². The Balaban J connectivity index is 1.04. The molecule has 3 aromatic rings. The number of ether oxygens (including phenoxy) is 1. The van der Waals surface area contributed by atoms with Crippen LogP contribution in [0.2, 0.25) is 5.02 Å². The molecule has 3 saturated heterocycles. The molecule has 0 radical (unpaired) electrons. The predicted octanol–water partition coefficient (Wildman–Crippen LogP) is 5.73. The Kier molecular flexibility index (Phi) is 13.0. The first kappa shape index (κ1) is 44.2. The summed E-state index contributed by atoms with van der Waals surface area (Å²) in [5.41, 5.74) is -1.09. The number of benzene rings is 2. The van der Waals surface area contributed by atoms with E-state index in [2.05, 4.69) is 44.6 Å². The van der Waals surface area contributed by atoms with Crippen molar-refractivity contribution < 1.29 is 37.1 Å². The van der Waals surface area contributed by atoms with Gasteiger partial charge in [-0.3, -0.25) is 39.2 Å². The average Bonchev–Trinajstić information content (AvgIpc) is 3.35. The van der Waals surface area contributed by atoms with Gasteiger partial charge in [0.1, 0.15) is 30.0 Å². The summed E-state index contributed by atoms with van der Waals surface area (Å²) in [6.07, 6.45) is -2.67. The fourth-order valence-corrected chi connectivity index (χ4v) is 8.45. The van der Waals surface area contributed by atoms with E-state index in [1.165, 1.54) is 6.07 Å². The van der Waals surface area contributed by atoms with Crippen molar-refractivity contribution in [1.29, 1.82) is 5.26 Å². The lowest BCUT2D eigenvalue weighted by Crippen LogP contribution is -2.58. The van der Waals surface area contributed by atoms with Crippen molar-refractivity contribution in [1.82, 2.24) is 20.1 Å². The number of nitrogens with one attached hydrogen (secondary N) is 3. The molecule has 6 rings (SSSR count). The number of rotatable bonds is 12. The quantitative estimate of drug-likeness (QED) is 0.150. The largest absolute Gasteiger partial charge is 0.492 e. The van der Waals surface area contributed by atoms with E-state index in [9.17, 15) is 37.6 Å². The van der Waals surface area contributed by atoms with E-state index in [4.69, 9.17) is 28.6 Å². The lowest BCUT2D eigenvalue weighted by atomic mass is 10.0.